The van der Waals surface area contributed by atoms with Crippen LogP contribution in [-0.2, 0) is 0 Å². The van der Waals surface area contributed by atoms with Crippen LogP contribution >= 0.6 is 15.9 Å². The van der Waals surface area contributed by atoms with Crippen molar-refractivity contribution in [3.05, 3.63) is 63.9 Å². The van der Waals surface area contributed by atoms with Gasteiger partial charge in [0.15, 0.2) is 0 Å². The Labute approximate surface area is 119 Å². The Morgan fingerprint density at radius 3 is 2.53 bits per heavy atom. The van der Waals surface area contributed by atoms with Gasteiger partial charge in [-0.25, -0.2) is 8.78 Å². The van der Waals surface area contributed by atoms with Gasteiger partial charge in [-0.3, -0.25) is 4.98 Å². The highest BCUT2D eigenvalue weighted by atomic mass is 79.9. The molecule has 2 nitrogen and oxygen atoms in total. The lowest BCUT2D eigenvalue weighted by atomic mass is 10.0. The summed E-state index contributed by atoms with van der Waals surface area (Å²) in [7, 11) is 0. The number of hydrogen-bond acceptors (Lipinski definition) is 2. The van der Waals surface area contributed by atoms with Crippen LogP contribution in [0, 0.1) is 11.6 Å². The fourth-order valence-electron chi connectivity index (χ4n) is 1.93. The molecule has 0 amide bonds. The molecule has 1 heterocycles. The minimum Gasteiger partial charge on any atom is -0.305 e. The third-order valence-corrected chi connectivity index (χ3v) is 3.36. The van der Waals surface area contributed by atoms with Crippen molar-refractivity contribution in [3.8, 4) is 0 Å². The van der Waals surface area contributed by atoms with Crippen LogP contribution in [0.4, 0.5) is 8.78 Å². The molecule has 1 aromatic carbocycles. The number of nitrogens with zero attached hydrogens (tertiary/aromatic N) is 1. The zero-order chi connectivity index (χ0) is 13.8. The van der Waals surface area contributed by atoms with Gasteiger partial charge in [-0.15, -0.1) is 0 Å². The lowest BCUT2D eigenvalue weighted by Gasteiger charge is -2.19. The molecule has 5 heteroatoms. The van der Waals surface area contributed by atoms with E-state index in [-0.39, 0.29) is 6.04 Å². The van der Waals surface area contributed by atoms with E-state index in [0.717, 1.165) is 10.5 Å². The van der Waals surface area contributed by atoms with E-state index in [1.54, 1.807) is 12.3 Å². The van der Waals surface area contributed by atoms with Gasteiger partial charge in [0.1, 0.15) is 11.6 Å². The van der Waals surface area contributed by atoms with E-state index in [0.29, 0.717) is 17.8 Å². The summed E-state index contributed by atoms with van der Waals surface area (Å²) in [5, 5.41) is 3.18. The molecule has 1 aromatic heterocycles. The molecule has 1 unspecified atom stereocenters. The number of pyridine rings is 1. The molecule has 0 saturated carbocycles. The third kappa shape index (κ3) is 3.36. The average Bonchev–Trinajstić information content (AvgIpc) is 2.36. The van der Waals surface area contributed by atoms with Crippen LogP contribution in [0.3, 0.4) is 0 Å². The summed E-state index contributed by atoms with van der Waals surface area (Å²) >= 11 is 3.41. The lowest BCUT2D eigenvalue weighted by molar-refractivity contribution is 0.561. The van der Waals surface area contributed by atoms with Crippen LogP contribution in [0.2, 0.25) is 0 Å². The Balaban J connectivity index is 2.48. The van der Waals surface area contributed by atoms with Gasteiger partial charge in [0.05, 0.1) is 11.7 Å². The molecular formula is C14H13BrF2N2. The molecule has 2 rings (SSSR count). The Morgan fingerprint density at radius 1 is 1.26 bits per heavy atom. The fraction of sp³-hybridized carbons (Fsp3) is 0.214. The molecule has 1 atom stereocenters. The average molecular weight is 327 g/mol. The molecule has 2 aromatic rings. The van der Waals surface area contributed by atoms with Crippen molar-refractivity contribution in [1.82, 2.24) is 10.3 Å². The smallest absolute Gasteiger partial charge is 0.126 e. The SMILES string of the molecule is CCNC(c1cc(F)cc(F)c1)c1ncccc1Br. The quantitative estimate of drug-likeness (QED) is 0.923. The largest absolute Gasteiger partial charge is 0.305 e. The first-order valence-corrected chi connectivity index (χ1v) is 6.71. The topological polar surface area (TPSA) is 24.9 Å². The summed E-state index contributed by atoms with van der Waals surface area (Å²) in [6.45, 7) is 2.59. The predicted octanol–water partition coefficient (Wildman–Crippen LogP) is 3.82. The molecule has 0 fully saturated rings. The molecule has 1 N–H and O–H groups in total. The van der Waals surface area contributed by atoms with Crippen molar-refractivity contribution in [2.24, 2.45) is 0 Å². The first kappa shape index (κ1) is 14.1. The fourth-order valence-corrected chi connectivity index (χ4v) is 2.41. The minimum atomic E-state index is -0.593. The van der Waals surface area contributed by atoms with Crippen molar-refractivity contribution in [1.29, 1.82) is 0 Å². The highest BCUT2D eigenvalue weighted by molar-refractivity contribution is 9.10. The van der Waals surface area contributed by atoms with E-state index in [2.05, 4.69) is 26.2 Å². The molecule has 0 aliphatic rings. The highest BCUT2D eigenvalue weighted by Crippen LogP contribution is 2.27. The van der Waals surface area contributed by atoms with Crippen molar-refractivity contribution >= 4 is 15.9 Å². The van der Waals surface area contributed by atoms with Crippen molar-refractivity contribution < 1.29 is 8.78 Å². The Kier molecular flexibility index (Phi) is 4.61. The van der Waals surface area contributed by atoms with Crippen molar-refractivity contribution in [2.75, 3.05) is 6.54 Å². The maximum atomic E-state index is 13.3. The number of nitrogens with one attached hydrogen (secondary N) is 1. The molecule has 0 spiro atoms. The van der Waals surface area contributed by atoms with Gasteiger partial charge in [-0.1, -0.05) is 6.92 Å². The minimum absolute atomic E-state index is 0.356. The van der Waals surface area contributed by atoms with Gasteiger partial charge < -0.3 is 5.32 Å². The molecule has 0 saturated heterocycles. The van der Waals surface area contributed by atoms with Gasteiger partial charge in [-0.05, 0) is 52.3 Å². The van der Waals surface area contributed by atoms with Crippen molar-refractivity contribution in [3.63, 3.8) is 0 Å². The maximum absolute atomic E-state index is 13.3. The van der Waals surface area contributed by atoms with Crippen LogP contribution in [-0.4, -0.2) is 11.5 Å². The van der Waals surface area contributed by atoms with Gasteiger partial charge in [0, 0.05) is 16.7 Å². The van der Waals surface area contributed by atoms with Gasteiger partial charge >= 0.3 is 0 Å². The predicted molar refractivity (Wildman–Crippen MR) is 73.8 cm³/mol. The molecule has 0 bridgehead atoms. The van der Waals surface area contributed by atoms with Crippen LogP contribution < -0.4 is 5.32 Å². The number of aromatic nitrogens is 1. The number of rotatable bonds is 4. The van der Waals surface area contributed by atoms with Crippen LogP contribution in [0.15, 0.2) is 41.0 Å². The summed E-state index contributed by atoms with van der Waals surface area (Å²) in [4.78, 5) is 4.28. The first-order chi connectivity index (χ1) is 9.11. The number of hydrogen-bond donors (Lipinski definition) is 1. The Morgan fingerprint density at radius 2 is 1.95 bits per heavy atom. The number of benzene rings is 1. The monoisotopic (exact) mass is 326 g/mol. The molecule has 100 valence electrons. The third-order valence-electron chi connectivity index (χ3n) is 2.69. The van der Waals surface area contributed by atoms with E-state index in [9.17, 15) is 8.78 Å². The van der Waals surface area contributed by atoms with Gasteiger partial charge in [0.25, 0.3) is 0 Å². The van der Waals surface area contributed by atoms with E-state index < -0.39 is 11.6 Å². The maximum Gasteiger partial charge on any atom is 0.126 e. The molecule has 0 radical (unpaired) electrons. The van der Waals surface area contributed by atoms with Crippen LogP contribution in [0.1, 0.15) is 24.2 Å². The normalized spacial score (nSPS) is 12.4. The van der Waals surface area contributed by atoms with Gasteiger partial charge in [0.2, 0.25) is 0 Å². The molecule has 19 heavy (non-hydrogen) atoms. The first-order valence-electron chi connectivity index (χ1n) is 5.91. The zero-order valence-electron chi connectivity index (χ0n) is 10.3. The second kappa shape index (κ2) is 6.21. The van der Waals surface area contributed by atoms with Gasteiger partial charge in [-0.2, -0.15) is 0 Å². The van der Waals surface area contributed by atoms with E-state index in [4.69, 9.17) is 0 Å². The van der Waals surface area contributed by atoms with Crippen LogP contribution in [0.5, 0.6) is 0 Å². The summed E-state index contributed by atoms with van der Waals surface area (Å²) in [5.41, 5.74) is 1.22. The van der Waals surface area contributed by atoms with E-state index in [1.165, 1.54) is 12.1 Å². The summed E-state index contributed by atoms with van der Waals surface area (Å²) in [6, 6.07) is 6.78. The van der Waals surface area contributed by atoms with Crippen molar-refractivity contribution in [2.45, 2.75) is 13.0 Å². The Hall–Kier alpha value is -1.33. The molecular weight excluding hydrogens is 314 g/mol. The summed E-state index contributed by atoms with van der Waals surface area (Å²) in [5.74, 6) is -1.19. The standard InChI is InChI=1S/C14H13BrF2N2/c1-2-18-13(14-12(15)4-3-5-19-14)9-6-10(16)8-11(17)7-9/h3-8,13,18H,2H2,1H3. The highest BCUT2D eigenvalue weighted by Gasteiger charge is 2.18. The zero-order valence-corrected chi connectivity index (χ0v) is 11.9. The second-order valence-corrected chi connectivity index (χ2v) is 4.92. The molecule has 0 aliphatic heterocycles. The lowest BCUT2D eigenvalue weighted by Crippen LogP contribution is -2.23. The van der Waals surface area contributed by atoms with Crippen LogP contribution in [0.25, 0.3) is 0 Å². The second-order valence-electron chi connectivity index (χ2n) is 4.06. The summed E-state index contributed by atoms with van der Waals surface area (Å²) < 4.78 is 27.5. The summed E-state index contributed by atoms with van der Waals surface area (Å²) in [6.07, 6.45) is 1.65. The number of halogens is 3. The Bertz CT molecular complexity index is 555. The van der Waals surface area contributed by atoms with E-state index in [1.807, 2.05) is 13.0 Å². The van der Waals surface area contributed by atoms with E-state index >= 15 is 0 Å². The molecule has 0 aliphatic carbocycles.